The Morgan fingerprint density at radius 2 is 1.54 bits per heavy atom. The lowest BCUT2D eigenvalue weighted by Gasteiger charge is -2.33. The lowest BCUT2D eigenvalue weighted by molar-refractivity contribution is -0.176. The molecule has 0 radical (unpaired) electrons. The number of carbonyl (C=O) groups excluding carboxylic acids is 3. The summed E-state index contributed by atoms with van der Waals surface area (Å²) in [7, 11) is 0. The Labute approximate surface area is 144 Å². The highest BCUT2D eigenvalue weighted by Gasteiger charge is 2.40. The lowest BCUT2D eigenvalue weighted by Crippen LogP contribution is -2.39. The van der Waals surface area contributed by atoms with E-state index in [0.717, 1.165) is 25.7 Å². The zero-order valence-corrected chi connectivity index (χ0v) is 15.5. The monoisotopic (exact) mass is 342 g/mol. The van der Waals surface area contributed by atoms with Crippen LogP contribution in [0.1, 0.15) is 66.7 Å². The van der Waals surface area contributed by atoms with Crippen LogP contribution in [-0.4, -0.2) is 36.7 Å². The van der Waals surface area contributed by atoms with E-state index in [1.807, 2.05) is 20.8 Å². The van der Waals surface area contributed by atoms with E-state index in [4.69, 9.17) is 14.2 Å². The van der Waals surface area contributed by atoms with Crippen molar-refractivity contribution in [1.82, 2.24) is 0 Å². The summed E-state index contributed by atoms with van der Waals surface area (Å²) >= 11 is 0. The van der Waals surface area contributed by atoms with E-state index in [1.165, 1.54) is 0 Å². The van der Waals surface area contributed by atoms with Gasteiger partial charge in [0.25, 0.3) is 0 Å². The van der Waals surface area contributed by atoms with Crippen molar-refractivity contribution >= 4 is 17.9 Å². The molecule has 138 valence electrons. The van der Waals surface area contributed by atoms with Gasteiger partial charge in [-0.25, -0.2) is 9.59 Å². The maximum Gasteiger partial charge on any atom is 0.344 e. The predicted octanol–water partition coefficient (Wildman–Crippen LogP) is 3.02. The molecule has 6 nitrogen and oxygen atoms in total. The molecule has 0 amide bonds. The summed E-state index contributed by atoms with van der Waals surface area (Å²) < 4.78 is 15.3. The summed E-state index contributed by atoms with van der Waals surface area (Å²) in [5, 5.41) is 0. The highest BCUT2D eigenvalue weighted by molar-refractivity contribution is 5.81. The molecule has 0 aromatic heterocycles. The topological polar surface area (TPSA) is 78.9 Å². The highest BCUT2D eigenvalue weighted by Crippen LogP contribution is 2.39. The Morgan fingerprint density at radius 3 is 2.04 bits per heavy atom. The zero-order valence-electron chi connectivity index (χ0n) is 15.5. The fourth-order valence-electron chi connectivity index (χ4n) is 2.67. The van der Waals surface area contributed by atoms with Gasteiger partial charge in [0.2, 0.25) is 0 Å². The van der Waals surface area contributed by atoms with Gasteiger partial charge < -0.3 is 14.2 Å². The second-order valence-corrected chi connectivity index (χ2v) is 7.37. The van der Waals surface area contributed by atoms with Gasteiger partial charge in [0.15, 0.2) is 13.2 Å². The van der Waals surface area contributed by atoms with E-state index in [9.17, 15) is 14.4 Å². The van der Waals surface area contributed by atoms with Crippen molar-refractivity contribution in [1.29, 1.82) is 0 Å². The average molecular weight is 342 g/mol. The molecule has 1 rings (SSSR count). The molecule has 1 aliphatic rings. The molecule has 0 atom stereocenters. The first-order valence-electron chi connectivity index (χ1n) is 8.67. The van der Waals surface area contributed by atoms with Crippen molar-refractivity contribution in [2.24, 2.45) is 11.3 Å². The Hall–Kier alpha value is -1.59. The maximum absolute atomic E-state index is 11.9. The normalized spacial score (nSPS) is 16.8. The van der Waals surface area contributed by atoms with E-state index in [0.29, 0.717) is 6.42 Å². The first-order chi connectivity index (χ1) is 11.1. The third-order valence-electron chi connectivity index (χ3n) is 4.93. The molecular weight excluding hydrogens is 312 g/mol. The summed E-state index contributed by atoms with van der Waals surface area (Å²) in [6.45, 7) is 8.45. The van der Waals surface area contributed by atoms with Gasteiger partial charge in [0.05, 0.1) is 5.41 Å². The van der Waals surface area contributed by atoms with E-state index in [-0.39, 0.29) is 5.92 Å². The lowest BCUT2D eigenvalue weighted by atomic mass is 9.88. The van der Waals surface area contributed by atoms with Gasteiger partial charge in [0.1, 0.15) is 5.60 Å². The Morgan fingerprint density at radius 1 is 1.00 bits per heavy atom. The number of ether oxygens (including phenoxy) is 3. The van der Waals surface area contributed by atoms with Gasteiger partial charge in [0, 0.05) is 0 Å². The standard InChI is InChI=1S/C18H30O6/c1-6-17(4,5)16(21)23-11-14(19)22-12-15(20)24-18(13(2)3)9-7-8-10-18/h13H,6-12H2,1-5H3. The summed E-state index contributed by atoms with van der Waals surface area (Å²) in [6.07, 6.45) is 4.36. The quantitative estimate of drug-likeness (QED) is 0.498. The van der Waals surface area contributed by atoms with Crippen LogP contribution < -0.4 is 0 Å². The summed E-state index contributed by atoms with van der Waals surface area (Å²) in [5.74, 6) is -1.55. The summed E-state index contributed by atoms with van der Waals surface area (Å²) in [5.41, 5.74) is -1.09. The molecule has 6 heteroatoms. The third kappa shape index (κ3) is 5.49. The van der Waals surface area contributed by atoms with E-state index in [1.54, 1.807) is 13.8 Å². The van der Waals surface area contributed by atoms with Crippen molar-refractivity contribution in [2.75, 3.05) is 13.2 Å². The zero-order chi connectivity index (χ0) is 18.4. The van der Waals surface area contributed by atoms with Crippen molar-refractivity contribution in [2.45, 2.75) is 72.3 Å². The maximum atomic E-state index is 11.9. The van der Waals surface area contributed by atoms with Crippen molar-refractivity contribution < 1.29 is 28.6 Å². The summed E-state index contributed by atoms with van der Waals surface area (Å²) in [6, 6.07) is 0. The van der Waals surface area contributed by atoms with Crippen LogP contribution in [0.15, 0.2) is 0 Å². The predicted molar refractivity (Wildman–Crippen MR) is 88.1 cm³/mol. The molecule has 0 aromatic rings. The van der Waals surface area contributed by atoms with Gasteiger partial charge in [-0.2, -0.15) is 0 Å². The van der Waals surface area contributed by atoms with Gasteiger partial charge in [-0.3, -0.25) is 4.79 Å². The van der Waals surface area contributed by atoms with Crippen LogP contribution in [0.3, 0.4) is 0 Å². The number of esters is 3. The second-order valence-electron chi connectivity index (χ2n) is 7.37. The van der Waals surface area contributed by atoms with Crippen LogP contribution in [0.2, 0.25) is 0 Å². The average Bonchev–Trinajstić information content (AvgIpc) is 3.00. The van der Waals surface area contributed by atoms with E-state index >= 15 is 0 Å². The number of hydrogen-bond donors (Lipinski definition) is 0. The van der Waals surface area contributed by atoms with E-state index in [2.05, 4.69) is 0 Å². The SMILES string of the molecule is CCC(C)(C)C(=O)OCC(=O)OCC(=O)OC1(C(C)C)CCCC1. The van der Waals surface area contributed by atoms with Gasteiger partial charge in [-0.15, -0.1) is 0 Å². The van der Waals surface area contributed by atoms with Crippen molar-refractivity contribution in [3.8, 4) is 0 Å². The molecular formula is C18H30O6. The van der Waals surface area contributed by atoms with Crippen LogP contribution in [0.5, 0.6) is 0 Å². The van der Waals surface area contributed by atoms with Crippen LogP contribution >= 0.6 is 0 Å². The Balaban J connectivity index is 2.36. The van der Waals surface area contributed by atoms with Crippen LogP contribution in [0.25, 0.3) is 0 Å². The molecule has 0 N–H and O–H groups in total. The fraction of sp³-hybridized carbons (Fsp3) is 0.833. The Kier molecular flexibility index (Phi) is 7.24. The van der Waals surface area contributed by atoms with E-state index < -0.39 is 42.1 Å². The first kappa shape index (κ1) is 20.5. The van der Waals surface area contributed by atoms with Crippen molar-refractivity contribution in [3.63, 3.8) is 0 Å². The Bertz CT molecular complexity index is 460. The first-order valence-corrected chi connectivity index (χ1v) is 8.67. The molecule has 1 aliphatic carbocycles. The van der Waals surface area contributed by atoms with Gasteiger partial charge in [-0.1, -0.05) is 20.8 Å². The van der Waals surface area contributed by atoms with Crippen LogP contribution in [-0.2, 0) is 28.6 Å². The summed E-state index contributed by atoms with van der Waals surface area (Å²) in [4.78, 5) is 35.3. The molecule has 0 saturated heterocycles. The molecule has 0 aromatic carbocycles. The molecule has 0 spiro atoms. The molecule has 0 heterocycles. The second kappa shape index (κ2) is 8.49. The van der Waals surface area contributed by atoms with Crippen molar-refractivity contribution in [3.05, 3.63) is 0 Å². The molecule has 1 fully saturated rings. The molecule has 1 saturated carbocycles. The molecule has 24 heavy (non-hydrogen) atoms. The smallest absolute Gasteiger partial charge is 0.344 e. The van der Waals surface area contributed by atoms with Crippen LogP contribution in [0.4, 0.5) is 0 Å². The van der Waals surface area contributed by atoms with Gasteiger partial charge in [-0.05, 0) is 51.9 Å². The highest BCUT2D eigenvalue weighted by atomic mass is 16.6. The largest absolute Gasteiger partial charge is 0.456 e. The number of hydrogen-bond acceptors (Lipinski definition) is 6. The molecule has 0 aliphatic heterocycles. The number of carbonyl (C=O) groups is 3. The third-order valence-corrected chi connectivity index (χ3v) is 4.93. The molecule has 0 unspecified atom stereocenters. The minimum absolute atomic E-state index is 0.219. The fourth-order valence-corrected chi connectivity index (χ4v) is 2.67. The van der Waals surface area contributed by atoms with Crippen LogP contribution in [0, 0.1) is 11.3 Å². The minimum atomic E-state index is -0.753. The minimum Gasteiger partial charge on any atom is -0.456 e. The molecule has 0 bridgehead atoms. The van der Waals surface area contributed by atoms with Gasteiger partial charge >= 0.3 is 17.9 Å². The number of rotatable bonds is 8.